The highest BCUT2D eigenvalue weighted by atomic mass is 16.5. The SMILES string of the molecule is COc1ccc(CC(=O)Nc2cccc(-c3nc4ccccc4c(=O)o3)c2)cc1. The minimum Gasteiger partial charge on any atom is -0.497 e. The Kier molecular flexibility index (Phi) is 5.07. The van der Waals surface area contributed by atoms with Crippen LogP contribution in [0, 0.1) is 0 Å². The number of rotatable bonds is 5. The fourth-order valence-electron chi connectivity index (χ4n) is 3.01. The fraction of sp³-hybridized carbons (Fsp3) is 0.0870. The number of hydrogen-bond acceptors (Lipinski definition) is 5. The van der Waals surface area contributed by atoms with Gasteiger partial charge >= 0.3 is 5.63 Å². The largest absolute Gasteiger partial charge is 0.497 e. The van der Waals surface area contributed by atoms with Crippen LogP contribution in [0.4, 0.5) is 5.69 Å². The minimum absolute atomic E-state index is 0.153. The molecule has 1 heterocycles. The van der Waals surface area contributed by atoms with Gasteiger partial charge in [-0.3, -0.25) is 4.79 Å². The van der Waals surface area contributed by atoms with Crippen molar-refractivity contribution in [2.75, 3.05) is 12.4 Å². The molecule has 0 fully saturated rings. The zero-order chi connectivity index (χ0) is 20.2. The van der Waals surface area contributed by atoms with Gasteiger partial charge in [0, 0.05) is 11.3 Å². The maximum Gasteiger partial charge on any atom is 0.347 e. The molecule has 0 unspecified atom stereocenters. The summed E-state index contributed by atoms with van der Waals surface area (Å²) in [4.78, 5) is 29.0. The van der Waals surface area contributed by atoms with Gasteiger partial charge in [0.15, 0.2) is 0 Å². The van der Waals surface area contributed by atoms with Crippen molar-refractivity contribution < 1.29 is 13.9 Å². The number of aromatic nitrogens is 1. The second-order valence-corrected chi connectivity index (χ2v) is 6.48. The first-order valence-electron chi connectivity index (χ1n) is 9.05. The molecule has 0 saturated heterocycles. The van der Waals surface area contributed by atoms with Crippen LogP contribution in [0.25, 0.3) is 22.4 Å². The second-order valence-electron chi connectivity index (χ2n) is 6.48. The molecular weight excluding hydrogens is 368 g/mol. The molecule has 0 radical (unpaired) electrons. The summed E-state index contributed by atoms with van der Waals surface area (Å²) in [5.41, 5.74) is 2.20. The van der Waals surface area contributed by atoms with Gasteiger partial charge in [0.2, 0.25) is 11.8 Å². The maximum absolute atomic E-state index is 12.4. The van der Waals surface area contributed by atoms with E-state index in [9.17, 15) is 9.59 Å². The van der Waals surface area contributed by atoms with E-state index in [2.05, 4.69) is 10.3 Å². The molecule has 4 aromatic rings. The summed E-state index contributed by atoms with van der Waals surface area (Å²) in [6.07, 6.45) is 0.234. The number of carbonyl (C=O) groups excluding carboxylic acids is 1. The lowest BCUT2D eigenvalue weighted by molar-refractivity contribution is -0.115. The van der Waals surface area contributed by atoms with Crippen molar-refractivity contribution in [3.05, 3.63) is 88.8 Å². The lowest BCUT2D eigenvalue weighted by Gasteiger charge is -2.08. The summed E-state index contributed by atoms with van der Waals surface area (Å²) in [6.45, 7) is 0. The van der Waals surface area contributed by atoms with Crippen molar-refractivity contribution in [1.82, 2.24) is 4.98 Å². The summed E-state index contributed by atoms with van der Waals surface area (Å²) in [5, 5.41) is 3.29. The van der Waals surface area contributed by atoms with E-state index in [1.807, 2.05) is 30.3 Å². The molecule has 1 amide bonds. The summed E-state index contributed by atoms with van der Waals surface area (Å²) in [5.74, 6) is 0.798. The molecule has 0 aliphatic rings. The first-order chi connectivity index (χ1) is 14.1. The van der Waals surface area contributed by atoms with Crippen molar-refractivity contribution in [3.8, 4) is 17.2 Å². The molecular formula is C23H18N2O4. The molecule has 144 valence electrons. The topological polar surface area (TPSA) is 81.4 Å². The van der Waals surface area contributed by atoms with Crippen LogP contribution in [0.3, 0.4) is 0 Å². The lowest BCUT2D eigenvalue weighted by Crippen LogP contribution is -2.14. The van der Waals surface area contributed by atoms with Gasteiger partial charge in [-0.2, -0.15) is 0 Å². The van der Waals surface area contributed by atoms with Crippen LogP contribution in [0.1, 0.15) is 5.56 Å². The van der Waals surface area contributed by atoms with Crippen LogP contribution < -0.4 is 15.7 Å². The third kappa shape index (κ3) is 4.16. The number of amides is 1. The zero-order valence-corrected chi connectivity index (χ0v) is 15.7. The first kappa shape index (κ1) is 18.4. The monoisotopic (exact) mass is 386 g/mol. The fourth-order valence-corrected chi connectivity index (χ4v) is 3.01. The number of hydrogen-bond donors (Lipinski definition) is 1. The predicted molar refractivity (Wildman–Crippen MR) is 111 cm³/mol. The van der Waals surface area contributed by atoms with Crippen molar-refractivity contribution >= 4 is 22.5 Å². The highest BCUT2D eigenvalue weighted by molar-refractivity contribution is 5.92. The highest BCUT2D eigenvalue weighted by Gasteiger charge is 2.10. The van der Waals surface area contributed by atoms with E-state index in [4.69, 9.17) is 9.15 Å². The van der Waals surface area contributed by atoms with E-state index in [0.717, 1.165) is 11.3 Å². The molecule has 6 nitrogen and oxygen atoms in total. The maximum atomic E-state index is 12.4. The second kappa shape index (κ2) is 7.98. The molecule has 0 spiro atoms. The normalized spacial score (nSPS) is 10.7. The Morgan fingerprint density at radius 1 is 1.03 bits per heavy atom. The van der Waals surface area contributed by atoms with E-state index in [1.165, 1.54) is 0 Å². The van der Waals surface area contributed by atoms with Crippen LogP contribution in [0.2, 0.25) is 0 Å². The van der Waals surface area contributed by atoms with Crippen molar-refractivity contribution in [2.24, 2.45) is 0 Å². The molecule has 3 aromatic carbocycles. The number of ether oxygens (including phenoxy) is 1. The molecule has 29 heavy (non-hydrogen) atoms. The van der Waals surface area contributed by atoms with Gasteiger partial charge in [-0.05, 0) is 48.0 Å². The Morgan fingerprint density at radius 2 is 1.83 bits per heavy atom. The minimum atomic E-state index is -0.445. The Morgan fingerprint density at radius 3 is 2.62 bits per heavy atom. The van der Waals surface area contributed by atoms with Crippen LogP contribution in [0.15, 0.2) is 82.0 Å². The van der Waals surface area contributed by atoms with Gasteiger partial charge in [0.25, 0.3) is 0 Å². The van der Waals surface area contributed by atoms with E-state index in [1.54, 1.807) is 49.6 Å². The third-order valence-electron chi connectivity index (χ3n) is 4.45. The smallest absolute Gasteiger partial charge is 0.347 e. The lowest BCUT2D eigenvalue weighted by atomic mass is 10.1. The van der Waals surface area contributed by atoms with Crippen molar-refractivity contribution in [2.45, 2.75) is 6.42 Å². The number of nitrogens with zero attached hydrogens (tertiary/aromatic N) is 1. The molecule has 1 aromatic heterocycles. The zero-order valence-electron chi connectivity index (χ0n) is 15.7. The Bertz CT molecular complexity index is 1230. The molecule has 6 heteroatoms. The first-order valence-corrected chi connectivity index (χ1v) is 9.05. The van der Waals surface area contributed by atoms with E-state index >= 15 is 0 Å². The Labute approximate surface area is 166 Å². The van der Waals surface area contributed by atoms with Crippen molar-refractivity contribution in [1.29, 1.82) is 0 Å². The average Bonchev–Trinajstić information content (AvgIpc) is 2.74. The molecule has 4 rings (SSSR count). The summed E-state index contributed by atoms with van der Waals surface area (Å²) in [7, 11) is 1.60. The van der Waals surface area contributed by atoms with Crippen LogP contribution >= 0.6 is 0 Å². The van der Waals surface area contributed by atoms with Crippen LogP contribution in [-0.4, -0.2) is 18.0 Å². The Hall–Kier alpha value is -3.93. The summed E-state index contributed by atoms with van der Waals surface area (Å²) < 4.78 is 10.5. The predicted octanol–water partition coefficient (Wildman–Crippen LogP) is 4.04. The van der Waals surface area contributed by atoms with Gasteiger partial charge in [0.05, 0.1) is 24.4 Å². The standard InChI is InChI=1S/C23H18N2O4/c1-28-18-11-9-15(10-12-18)13-21(26)24-17-6-4-5-16(14-17)22-25-20-8-3-2-7-19(20)23(27)29-22/h2-12,14H,13H2,1H3,(H,24,26). The highest BCUT2D eigenvalue weighted by Crippen LogP contribution is 2.22. The number of nitrogens with one attached hydrogen (secondary N) is 1. The van der Waals surface area contributed by atoms with Gasteiger partial charge in [0.1, 0.15) is 5.75 Å². The van der Waals surface area contributed by atoms with Crippen molar-refractivity contribution in [3.63, 3.8) is 0 Å². The van der Waals surface area contributed by atoms with Gasteiger partial charge in [-0.15, -0.1) is 0 Å². The number of para-hydroxylation sites is 1. The molecule has 0 atom stereocenters. The summed E-state index contributed by atoms with van der Waals surface area (Å²) >= 11 is 0. The molecule has 0 aliphatic carbocycles. The number of benzene rings is 3. The molecule has 0 saturated carbocycles. The molecule has 0 aliphatic heterocycles. The number of fused-ring (bicyclic) bond motifs is 1. The van der Waals surface area contributed by atoms with Crippen LogP contribution in [0.5, 0.6) is 5.75 Å². The van der Waals surface area contributed by atoms with Gasteiger partial charge in [-0.1, -0.05) is 30.3 Å². The Balaban J connectivity index is 1.54. The number of anilines is 1. The van der Waals surface area contributed by atoms with Crippen LogP contribution in [-0.2, 0) is 11.2 Å². The van der Waals surface area contributed by atoms with Gasteiger partial charge in [-0.25, -0.2) is 9.78 Å². The average molecular weight is 386 g/mol. The van der Waals surface area contributed by atoms with E-state index < -0.39 is 5.63 Å². The van der Waals surface area contributed by atoms with E-state index in [-0.39, 0.29) is 18.2 Å². The number of carbonyl (C=O) groups is 1. The summed E-state index contributed by atoms with van der Waals surface area (Å²) in [6, 6.07) is 21.4. The molecule has 1 N–H and O–H groups in total. The third-order valence-corrected chi connectivity index (χ3v) is 4.45. The van der Waals surface area contributed by atoms with E-state index in [0.29, 0.717) is 22.2 Å². The molecule has 0 bridgehead atoms. The van der Waals surface area contributed by atoms with Gasteiger partial charge < -0.3 is 14.5 Å². The number of methoxy groups -OCH3 is 1. The quantitative estimate of drug-likeness (QED) is 0.560.